The molecule has 0 radical (unpaired) electrons. The standard InChI is InChI=1S/C80H94Cl2N12O26/c1-32(2)21-45(84-6)71(106)92-61-63(100)37-12-15-49(43(81)23-37)116-51-25-39-26-52(67(51)120-78-68(66(103)65(102)53(31-95)118-78)119-56-30-80(5,69(104)34(4)115-56)85-18-20-94-19-17-55(88-79(94)114)87-70(105)35-9-7-33(3)8-10-35)117-50-16-13-38(24-44(50)82)64(101)62-76(111)91-60(77(112)113)42-27-40(96)28-48(98)57(42)41-22-36(11-14-47(41)97)58(73(108)93-62)90-74(109)59(39)89-72(107)46(29-54(83)99)86-75(61)110/h11-17,19,22-28,32-35,45-46,53,56,58-66,68-69,78,84-85,95-98,100-104H,7-10,18,20-21,29-31H2,1-6H3,(H2,83,99)(H,86,110)(H,89,107)(H,90,109)(H,91,111)(H,92,106)(H,93,108)(H,112,113)(H,87,88,105,114)/t33?,34-,35?,45+,46-,53+,56-,58+,59?,60+,61+,62-,63+,64+,65+,66-,68+,69+,78?,80-/m0/s1. The van der Waals surface area contributed by atoms with Crippen LogP contribution in [-0.4, -0.2) is 213 Å². The Morgan fingerprint density at radius 1 is 0.717 bits per heavy atom. The quantitative estimate of drug-likeness (QED) is 0.0549. The van der Waals surface area contributed by atoms with Crippen molar-refractivity contribution in [2.24, 2.45) is 23.5 Å². The van der Waals surface area contributed by atoms with Gasteiger partial charge in [0.15, 0.2) is 29.9 Å². The molecule has 0 spiro atoms. The molecule has 21 N–H and O–H groups in total. The molecule has 40 heteroatoms. The van der Waals surface area contributed by atoms with Crippen molar-refractivity contribution in [3.8, 4) is 57.1 Å². The highest BCUT2D eigenvalue weighted by molar-refractivity contribution is 6.32. The fourth-order valence-corrected chi connectivity index (χ4v) is 16.0. The van der Waals surface area contributed by atoms with Crippen LogP contribution < -0.4 is 73.5 Å². The number of carboxylic acids is 1. The number of aliphatic hydroxyl groups excluding tert-OH is 6. The topological polar surface area (TPSA) is 580 Å². The second-order valence-electron chi connectivity index (χ2n) is 31.3. The Morgan fingerprint density at radius 3 is 1.97 bits per heavy atom. The SMILES string of the molecule is CN[C@H](CC(C)C)C(=O)N[C@H]1C(=O)N[C@@H](CC(N)=O)C(=O)NC2C(=O)N[C@H]3C(=O)N[C@H](C(=O)N[C@@H](C(=O)O)c4cc(O)cc(O)c4-c4cc3ccc4O)[C@H](O)c3ccc(c(Cl)c3)Oc3cc2cc(c3OC2O[C@H](CO)[C@@H](O)[C@H](O)[C@H]2O[C@H]2C[C@](C)(NCCn3ccc(NC(=O)C4CCC(C)CC4)nc3=O)[C@H](O)[C@H](C)O2)Oc2ccc(cc2Cl)[C@H]1O. The number of carbonyl (C=O) groups is 9. The molecule has 6 aromatic rings. The first-order chi connectivity index (χ1) is 56.9. The van der Waals surface area contributed by atoms with Gasteiger partial charge in [0.1, 0.15) is 95.3 Å². The van der Waals surface area contributed by atoms with E-state index in [4.69, 9.17) is 57.4 Å². The molecule has 14 rings (SSSR count). The first-order valence-corrected chi connectivity index (χ1v) is 39.5. The summed E-state index contributed by atoms with van der Waals surface area (Å²) < 4.78 is 40.6. The molecule has 1 aromatic heterocycles. The number of aliphatic hydroxyl groups is 6. The van der Waals surface area contributed by atoms with E-state index in [0.717, 1.165) is 79.6 Å². The minimum Gasteiger partial charge on any atom is -0.508 e. The lowest BCUT2D eigenvalue weighted by Gasteiger charge is -2.48. The Bertz CT molecular complexity index is 5000. The lowest BCUT2D eigenvalue weighted by atomic mass is 9.82. The minimum absolute atomic E-state index is 0.00261. The van der Waals surface area contributed by atoms with Crippen LogP contribution in [0.5, 0.6) is 46.0 Å². The van der Waals surface area contributed by atoms with Crippen molar-refractivity contribution in [3.05, 3.63) is 139 Å². The monoisotopic (exact) mass is 1710 g/mol. The van der Waals surface area contributed by atoms with Gasteiger partial charge in [-0.3, -0.25) is 42.9 Å². The molecule has 38 nitrogen and oxygen atoms in total. The van der Waals surface area contributed by atoms with Crippen LogP contribution in [0.1, 0.15) is 138 Å². The maximum Gasteiger partial charge on any atom is 0.349 e. The number of rotatable bonds is 19. The molecule has 2 unspecified atom stereocenters. The number of hydrogen-bond acceptors (Lipinski definition) is 28. The van der Waals surface area contributed by atoms with Crippen molar-refractivity contribution in [2.45, 2.75) is 195 Å². The number of fused-ring (bicyclic) bond motifs is 15. The Labute approximate surface area is 694 Å². The van der Waals surface area contributed by atoms with E-state index >= 15 is 14.4 Å². The number of likely N-dealkylation sites (N-methyl/N-ethyl adjacent to an activating group) is 1. The van der Waals surface area contributed by atoms with Crippen LogP contribution in [0.25, 0.3) is 11.1 Å². The molecule has 8 aliphatic rings. The highest BCUT2D eigenvalue weighted by Crippen LogP contribution is 2.50. The van der Waals surface area contributed by atoms with Crippen molar-refractivity contribution in [2.75, 3.05) is 25.5 Å². The van der Waals surface area contributed by atoms with Gasteiger partial charge in [-0.25, -0.2) is 9.59 Å². The van der Waals surface area contributed by atoms with Crippen LogP contribution in [0.2, 0.25) is 10.0 Å². The number of aromatic hydroxyl groups is 3. The molecule has 1 saturated carbocycles. The smallest absolute Gasteiger partial charge is 0.349 e. The van der Waals surface area contributed by atoms with E-state index in [0.29, 0.717) is 18.8 Å². The molecule has 8 heterocycles. The summed E-state index contributed by atoms with van der Waals surface area (Å²) in [5.41, 5.74) is 0.756. The third-order valence-electron chi connectivity index (χ3n) is 22.1. The summed E-state index contributed by atoms with van der Waals surface area (Å²) in [6.45, 7) is 7.86. The van der Waals surface area contributed by atoms with Crippen LogP contribution in [0.4, 0.5) is 5.82 Å². The summed E-state index contributed by atoms with van der Waals surface area (Å²) in [6.07, 6.45) is -14.7. The summed E-state index contributed by atoms with van der Waals surface area (Å²) in [7, 11) is 1.47. The van der Waals surface area contributed by atoms with E-state index in [1.165, 1.54) is 42.9 Å². The van der Waals surface area contributed by atoms with E-state index in [1.54, 1.807) is 6.92 Å². The molecule has 7 aliphatic heterocycles. The third-order valence-corrected chi connectivity index (χ3v) is 22.7. The van der Waals surface area contributed by atoms with Gasteiger partial charge in [-0.05, 0) is 148 Å². The summed E-state index contributed by atoms with van der Waals surface area (Å²) >= 11 is 14.3. The fourth-order valence-electron chi connectivity index (χ4n) is 15.5. The summed E-state index contributed by atoms with van der Waals surface area (Å²) in [5.74, 6) is -16.2. The number of nitrogens with two attached hydrogens (primary N) is 1. The van der Waals surface area contributed by atoms with Crippen molar-refractivity contribution in [1.29, 1.82) is 0 Å². The largest absolute Gasteiger partial charge is 0.508 e. The van der Waals surface area contributed by atoms with Gasteiger partial charge >= 0.3 is 11.7 Å². The van der Waals surface area contributed by atoms with Gasteiger partial charge < -0.3 is 133 Å². The molecule has 2 saturated heterocycles. The first kappa shape index (κ1) is 88.4. The molecule has 120 heavy (non-hydrogen) atoms. The van der Waals surface area contributed by atoms with E-state index in [-0.39, 0.29) is 77.0 Å². The van der Waals surface area contributed by atoms with Gasteiger partial charge in [-0.15, -0.1) is 0 Å². The van der Waals surface area contributed by atoms with Crippen LogP contribution >= 0.6 is 23.2 Å². The number of aliphatic carboxylic acids is 1. The van der Waals surface area contributed by atoms with E-state index < -0.39 is 243 Å². The Balaban J connectivity index is 1.00. The highest BCUT2D eigenvalue weighted by Gasteiger charge is 2.52. The minimum atomic E-state index is -2.39. The Kier molecular flexibility index (Phi) is 27.3. The number of phenolic OH excluding ortho intramolecular Hbond substituents is 3. The molecule has 11 bridgehead atoms. The van der Waals surface area contributed by atoms with E-state index in [9.17, 15) is 84.6 Å². The third kappa shape index (κ3) is 19.4. The Hall–Kier alpha value is -10.8. The molecule has 8 amide bonds. The zero-order chi connectivity index (χ0) is 86.8. The number of carboxylic acid groups (broad SMARTS) is 1. The zero-order valence-electron chi connectivity index (χ0n) is 65.5. The number of aromatic nitrogens is 2. The number of nitrogens with zero attached hydrogens (tertiary/aromatic N) is 2. The zero-order valence-corrected chi connectivity index (χ0v) is 67.0. The maximum atomic E-state index is 16.2. The number of nitrogens with one attached hydrogen (secondary N) is 9. The average molecular weight is 1710 g/mol. The van der Waals surface area contributed by atoms with Crippen LogP contribution in [-0.2, 0) is 63.9 Å². The summed E-state index contributed by atoms with van der Waals surface area (Å²) in [4.78, 5) is 149. The maximum absolute atomic E-state index is 16.2. The molecule has 3 fully saturated rings. The lowest BCUT2D eigenvalue weighted by molar-refractivity contribution is -0.334. The van der Waals surface area contributed by atoms with Gasteiger partial charge in [0.05, 0.1) is 41.3 Å². The van der Waals surface area contributed by atoms with Gasteiger partial charge in [0.2, 0.25) is 59.3 Å². The van der Waals surface area contributed by atoms with Crippen LogP contribution in [0.3, 0.4) is 0 Å². The van der Waals surface area contributed by atoms with Crippen LogP contribution in [0.15, 0.2) is 95.9 Å². The number of anilines is 1. The number of carbonyl (C=O) groups excluding carboxylic acids is 8. The molecular formula is C80H94Cl2N12O26. The van der Waals surface area contributed by atoms with Gasteiger partial charge in [0, 0.05) is 59.9 Å². The second-order valence-corrected chi connectivity index (χ2v) is 32.1. The number of amides is 8. The molecule has 5 aromatic carbocycles. The van der Waals surface area contributed by atoms with Gasteiger partial charge in [-0.1, -0.05) is 62.2 Å². The lowest BCUT2D eigenvalue weighted by Crippen LogP contribution is -2.65. The number of hydrogen-bond donors (Lipinski definition) is 20. The van der Waals surface area contributed by atoms with Crippen molar-refractivity contribution in [3.63, 3.8) is 0 Å². The molecule has 18 atom stereocenters. The molecule has 1 aliphatic carbocycles. The van der Waals surface area contributed by atoms with Crippen molar-refractivity contribution < 1.29 is 123 Å². The highest BCUT2D eigenvalue weighted by atomic mass is 35.5. The van der Waals surface area contributed by atoms with Gasteiger partial charge in [-0.2, -0.15) is 4.98 Å². The molecular weight excluding hydrogens is 1620 g/mol. The number of phenols is 3. The predicted molar refractivity (Wildman–Crippen MR) is 421 cm³/mol. The average Bonchev–Trinajstić information content (AvgIpc) is 0.763. The first-order valence-electron chi connectivity index (χ1n) is 38.7. The normalized spacial score (nSPS) is 28.6. The van der Waals surface area contributed by atoms with E-state index in [1.807, 2.05) is 13.8 Å². The predicted octanol–water partition coefficient (Wildman–Crippen LogP) is 1.76. The van der Waals surface area contributed by atoms with Crippen LogP contribution in [0, 0.1) is 17.8 Å². The summed E-state index contributed by atoms with van der Waals surface area (Å²) in [5, 5.41) is 139. The van der Waals surface area contributed by atoms with E-state index in [2.05, 4.69) is 59.8 Å². The second kappa shape index (κ2) is 37.0. The number of halogens is 2. The van der Waals surface area contributed by atoms with Crippen molar-refractivity contribution in [1.82, 2.24) is 52.1 Å². The fraction of sp³-hybridized carbons (Fsp3) is 0.463. The number of primary amides is 1. The van der Waals surface area contributed by atoms with Gasteiger partial charge in [0.25, 0.3) is 0 Å². The summed E-state index contributed by atoms with van der Waals surface area (Å²) in [6, 6.07) is 0.512. The molecule has 644 valence electrons. The van der Waals surface area contributed by atoms with Crippen molar-refractivity contribution >= 4 is 82.2 Å². The number of benzene rings is 5. The Morgan fingerprint density at radius 2 is 1.35 bits per heavy atom. The number of ether oxygens (including phenoxy) is 6.